The maximum Gasteiger partial charge on any atom is 0.321 e. The van der Waals surface area contributed by atoms with Crippen LogP contribution >= 0.6 is 38.6 Å². The molecule has 2 N–H and O–H groups in total. The molecule has 2 heterocycles. The number of thiophene rings is 1. The minimum absolute atomic E-state index is 0.242. The number of carbonyl (C=O) groups is 1. The topological polar surface area (TPSA) is 54.0 Å². The molecule has 4 nitrogen and oxygen atoms in total. The number of halogens is 1. The van der Waals surface area contributed by atoms with E-state index in [1.807, 2.05) is 35.7 Å². The van der Waals surface area contributed by atoms with Crippen LogP contribution in [-0.2, 0) is 6.54 Å². The van der Waals surface area contributed by atoms with Crippen molar-refractivity contribution in [1.29, 1.82) is 0 Å². The lowest BCUT2D eigenvalue weighted by Crippen LogP contribution is -2.27. The van der Waals surface area contributed by atoms with Gasteiger partial charge in [-0.2, -0.15) is 0 Å². The Bertz CT molecular complexity index is 739. The molecule has 0 aliphatic heterocycles. The molecule has 7 heteroatoms. The maximum atomic E-state index is 11.8. The molecule has 0 aliphatic carbocycles. The highest BCUT2D eigenvalue weighted by molar-refractivity contribution is 9.10. The van der Waals surface area contributed by atoms with Gasteiger partial charge in [-0.1, -0.05) is 23.5 Å². The van der Waals surface area contributed by atoms with Gasteiger partial charge < -0.3 is 5.32 Å². The van der Waals surface area contributed by atoms with E-state index in [1.165, 1.54) is 11.3 Å². The second-order valence-corrected chi connectivity index (χ2v) is 6.91. The zero-order valence-corrected chi connectivity index (χ0v) is 13.4. The van der Waals surface area contributed by atoms with Crippen molar-refractivity contribution in [1.82, 2.24) is 10.3 Å². The number of hydrogen-bond acceptors (Lipinski definition) is 4. The molecule has 3 rings (SSSR count). The number of para-hydroxylation sites is 1. The molecular formula is C13H10BrN3OS2. The van der Waals surface area contributed by atoms with Crippen LogP contribution in [0, 0.1) is 0 Å². The summed E-state index contributed by atoms with van der Waals surface area (Å²) in [4.78, 5) is 17.3. The molecule has 0 saturated heterocycles. The summed E-state index contributed by atoms with van der Waals surface area (Å²) in [5.41, 5.74) is 0.867. The highest BCUT2D eigenvalue weighted by Crippen LogP contribution is 2.30. The first kappa shape index (κ1) is 13.5. The van der Waals surface area contributed by atoms with Gasteiger partial charge in [0.15, 0.2) is 5.13 Å². The fraction of sp³-hybridized carbons (Fsp3) is 0.0769. The lowest BCUT2D eigenvalue weighted by molar-refractivity contribution is 0.252. The van der Waals surface area contributed by atoms with Crippen molar-refractivity contribution in [2.24, 2.45) is 0 Å². The maximum absolute atomic E-state index is 11.8. The Morgan fingerprint density at radius 3 is 2.95 bits per heavy atom. The minimum atomic E-state index is -0.242. The van der Waals surface area contributed by atoms with Crippen LogP contribution in [0.2, 0.25) is 0 Å². The zero-order chi connectivity index (χ0) is 13.9. The number of benzene rings is 1. The molecule has 0 unspecified atom stereocenters. The number of anilines is 1. The normalized spacial score (nSPS) is 10.7. The first-order valence-corrected chi connectivity index (χ1v) is 8.33. The van der Waals surface area contributed by atoms with Gasteiger partial charge in [-0.3, -0.25) is 5.32 Å². The number of thiazole rings is 1. The largest absolute Gasteiger partial charge is 0.333 e. The van der Waals surface area contributed by atoms with E-state index in [0.717, 1.165) is 19.6 Å². The molecule has 2 amide bonds. The summed E-state index contributed by atoms with van der Waals surface area (Å²) in [6, 6.07) is 9.57. The fourth-order valence-corrected chi connectivity index (χ4v) is 3.81. The van der Waals surface area contributed by atoms with Crippen LogP contribution < -0.4 is 10.6 Å². The molecule has 0 atom stereocenters. The second-order valence-electron chi connectivity index (χ2n) is 3.99. The van der Waals surface area contributed by atoms with Crippen LogP contribution in [0.1, 0.15) is 4.88 Å². The molecule has 0 bridgehead atoms. The van der Waals surface area contributed by atoms with Crippen LogP contribution in [0.3, 0.4) is 0 Å². The van der Waals surface area contributed by atoms with Crippen molar-refractivity contribution in [2.45, 2.75) is 6.54 Å². The average molecular weight is 368 g/mol. The van der Waals surface area contributed by atoms with Crippen molar-refractivity contribution in [2.75, 3.05) is 5.32 Å². The van der Waals surface area contributed by atoms with E-state index in [4.69, 9.17) is 0 Å². The minimum Gasteiger partial charge on any atom is -0.333 e. The standard InChI is InChI=1S/C13H10BrN3OS2/c14-9-4-1-5-10-11(9)16-13(20-10)17-12(18)15-7-8-3-2-6-19-8/h1-6H,7H2,(H2,15,16,17,18). The summed E-state index contributed by atoms with van der Waals surface area (Å²) in [6.07, 6.45) is 0. The van der Waals surface area contributed by atoms with Crippen molar-refractivity contribution >= 4 is 60.0 Å². The Morgan fingerprint density at radius 1 is 1.30 bits per heavy atom. The van der Waals surface area contributed by atoms with Crippen molar-refractivity contribution in [3.05, 3.63) is 45.1 Å². The van der Waals surface area contributed by atoms with Gasteiger partial charge in [0.05, 0.1) is 16.8 Å². The van der Waals surface area contributed by atoms with E-state index in [2.05, 4.69) is 31.5 Å². The Labute approximate surface area is 132 Å². The van der Waals surface area contributed by atoms with Gasteiger partial charge in [0.2, 0.25) is 0 Å². The molecule has 20 heavy (non-hydrogen) atoms. The third-order valence-corrected chi connectivity index (χ3v) is 5.05. The van der Waals surface area contributed by atoms with Gasteiger partial charge in [0.25, 0.3) is 0 Å². The Morgan fingerprint density at radius 2 is 2.20 bits per heavy atom. The molecule has 0 aliphatic rings. The highest BCUT2D eigenvalue weighted by Gasteiger charge is 2.09. The number of carbonyl (C=O) groups excluding carboxylic acids is 1. The van der Waals surface area contributed by atoms with Crippen LogP contribution in [-0.4, -0.2) is 11.0 Å². The SMILES string of the molecule is O=C(NCc1cccs1)Nc1nc2c(Br)cccc2s1. The number of nitrogens with one attached hydrogen (secondary N) is 2. The molecule has 0 saturated carbocycles. The third-order valence-electron chi connectivity index (χ3n) is 2.59. The second kappa shape index (κ2) is 5.90. The number of rotatable bonds is 3. The number of fused-ring (bicyclic) bond motifs is 1. The summed E-state index contributed by atoms with van der Waals surface area (Å²) in [5, 5.41) is 8.15. The van der Waals surface area contributed by atoms with E-state index in [9.17, 15) is 4.79 Å². The Balaban J connectivity index is 1.66. The van der Waals surface area contributed by atoms with Crippen LogP contribution in [0.4, 0.5) is 9.93 Å². The number of nitrogens with zero attached hydrogens (tertiary/aromatic N) is 1. The average Bonchev–Trinajstić information content (AvgIpc) is 3.05. The van der Waals surface area contributed by atoms with E-state index >= 15 is 0 Å². The first-order chi connectivity index (χ1) is 9.72. The lowest BCUT2D eigenvalue weighted by Gasteiger charge is -2.03. The molecule has 102 valence electrons. The Kier molecular flexibility index (Phi) is 4.00. The lowest BCUT2D eigenvalue weighted by atomic mass is 10.3. The summed E-state index contributed by atoms with van der Waals surface area (Å²) in [5.74, 6) is 0. The van der Waals surface area contributed by atoms with Gasteiger partial charge in [-0.15, -0.1) is 11.3 Å². The molecule has 1 aromatic carbocycles. The van der Waals surface area contributed by atoms with Crippen LogP contribution in [0.5, 0.6) is 0 Å². The molecular weight excluding hydrogens is 358 g/mol. The van der Waals surface area contributed by atoms with Crippen LogP contribution in [0.15, 0.2) is 40.2 Å². The molecule has 3 aromatic rings. The monoisotopic (exact) mass is 367 g/mol. The smallest absolute Gasteiger partial charge is 0.321 e. The van der Waals surface area contributed by atoms with Gasteiger partial charge >= 0.3 is 6.03 Å². The van der Waals surface area contributed by atoms with E-state index in [1.54, 1.807) is 11.3 Å². The first-order valence-electron chi connectivity index (χ1n) is 5.84. The van der Waals surface area contributed by atoms with Gasteiger partial charge in [0.1, 0.15) is 0 Å². The van der Waals surface area contributed by atoms with E-state index in [0.29, 0.717) is 11.7 Å². The molecule has 0 spiro atoms. The number of aromatic nitrogens is 1. The number of urea groups is 1. The predicted molar refractivity (Wildman–Crippen MR) is 87.5 cm³/mol. The number of amides is 2. The molecule has 0 fully saturated rings. The van der Waals surface area contributed by atoms with Gasteiger partial charge in [0, 0.05) is 9.35 Å². The zero-order valence-electron chi connectivity index (χ0n) is 10.2. The molecule has 2 aromatic heterocycles. The Hall–Kier alpha value is -1.44. The summed E-state index contributed by atoms with van der Waals surface area (Å²) in [6.45, 7) is 0.526. The van der Waals surface area contributed by atoms with Gasteiger partial charge in [-0.05, 0) is 39.5 Å². The quantitative estimate of drug-likeness (QED) is 0.718. The van der Waals surface area contributed by atoms with Crippen LogP contribution in [0.25, 0.3) is 10.2 Å². The van der Waals surface area contributed by atoms with Crippen molar-refractivity contribution in [3.63, 3.8) is 0 Å². The third kappa shape index (κ3) is 3.00. The van der Waals surface area contributed by atoms with E-state index in [-0.39, 0.29) is 6.03 Å². The summed E-state index contributed by atoms with van der Waals surface area (Å²) >= 11 is 6.52. The highest BCUT2D eigenvalue weighted by atomic mass is 79.9. The van der Waals surface area contributed by atoms with Crippen molar-refractivity contribution < 1.29 is 4.79 Å². The molecule has 0 radical (unpaired) electrons. The number of hydrogen-bond donors (Lipinski definition) is 2. The van der Waals surface area contributed by atoms with Crippen molar-refractivity contribution in [3.8, 4) is 0 Å². The summed E-state index contributed by atoms with van der Waals surface area (Å²) in [7, 11) is 0. The van der Waals surface area contributed by atoms with E-state index < -0.39 is 0 Å². The fourth-order valence-electron chi connectivity index (χ4n) is 1.69. The summed E-state index contributed by atoms with van der Waals surface area (Å²) < 4.78 is 1.96. The predicted octanol–water partition coefficient (Wildman–Crippen LogP) is 4.44. The van der Waals surface area contributed by atoms with Gasteiger partial charge in [-0.25, -0.2) is 9.78 Å².